The van der Waals surface area contributed by atoms with Crippen LogP contribution in [0.25, 0.3) is 0 Å². The lowest BCUT2D eigenvalue weighted by Gasteiger charge is -2.34. The van der Waals surface area contributed by atoms with Gasteiger partial charge in [0.15, 0.2) is 14.6 Å². The van der Waals surface area contributed by atoms with E-state index in [0.717, 1.165) is 32.1 Å². The van der Waals surface area contributed by atoms with Crippen LogP contribution >= 0.6 is 0 Å². The minimum atomic E-state index is -1.31. The fourth-order valence-corrected chi connectivity index (χ4v) is 4.98. The third-order valence-corrected chi connectivity index (χ3v) is 6.15. The van der Waals surface area contributed by atoms with Gasteiger partial charge in [0.25, 0.3) is 0 Å². The molecule has 0 aliphatic rings. The molecule has 162 valence electrons. The van der Waals surface area contributed by atoms with Crippen molar-refractivity contribution in [1.29, 1.82) is 0 Å². The predicted octanol–water partition coefficient (Wildman–Crippen LogP) is 7.18. The SMILES string of the molecule is CCCCCCCCCCCCCC(CCCC)(O[SiH](C)C)C(=O)OCC. The molecule has 1 unspecified atom stereocenters. The maximum atomic E-state index is 12.7. The van der Waals surface area contributed by atoms with Crippen molar-refractivity contribution < 1.29 is 14.0 Å². The lowest BCUT2D eigenvalue weighted by molar-refractivity contribution is -0.164. The Morgan fingerprint density at radius 3 is 1.59 bits per heavy atom. The highest BCUT2D eigenvalue weighted by molar-refractivity contribution is 6.48. The van der Waals surface area contributed by atoms with E-state index in [9.17, 15) is 4.79 Å². The van der Waals surface area contributed by atoms with Crippen LogP contribution in [0.5, 0.6) is 0 Å². The van der Waals surface area contributed by atoms with Crippen LogP contribution < -0.4 is 0 Å². The Morgan fingerprint density at radius 2 is 1.15 bits per heavy atom. The van der Waals surface area contributed by atoms with Gasteiger partial charge in [0.05, 0.1) is 6.61 Å². The van der Waals surface area contributed by atoms with Gasteiger partial charge in [-0.3, -0.25) is 0 Å². The highest BCUT2D eigenvalue weighted by atomic mass is 28.3. The number of unbranched alkanes of at least 4 members (excludes halogenated alkanes) is 11. The maximum Gasteiger partial charge on any atom is 0.337 e. The van der Waals surface area contributed by atoms with Crippen LogP contribution in [0.1, 0.15) is 117 Å². The van der Waals surface area contributed by atoms with Gasteiger partial charge in [-0.15, -0.1) is 0 Å². The Morgan fingerprint density at radius 1 is 0.704 bits per heavy atom. The normalized spacial score (nSPS) is 13.7. The molecule has 0 heterocycles. The van der Waals surface area contributed by atoms with Gasteiger partial charge in [0, 0.05) is 0 Å². The molecule has 0 radical (unpaired) electrons. The van der Waals surface area contributed by atoms with Crippen LogP contribution in [0.4, 0.5) is 0 Å². The summed E-state index contributed by atoms with van der Waals surface area (Å²) < 4.78 is 11.7. The van der Waals surface area contributed by atoms with Crippen LogP contribution in [0, 0.1) is 0 Å². The average molecular weight is 401 g/mol. The molecule has 0 bridgehead atoms. The molecule has 0 spiro atoms. The number of hydrogen-bond donors (Lipinski definition) is 0. The number of hydrogen-bond acceptors (Lipinski definition) is 3. The van der Waals surface area contributed by atoms with E-state index in [4.69, 9.17) is 9.16 Å². The summed E-state index contributed by atoms with van der Waals surface area (Å²) in [5.74, 6) is -0.119. The van der Waals surface area contributed by atoms with Crippen LogP contribution in [-0.4, -0.2) is 27.2 Å². The first-order valence-corrected chi connectivity index (χ1v) is 14.7. The minimum absolute atomic E-state index is 0.119. The molecule has 0 aliphatic heterocycles. The van der Waals surface area contributed by atoms with E-state index in [2.05, 4.69) is 26.9 Å². The molecule has 0 rings (SSSR count). The molecule has 0 aromatic heterocycles. The first-order valence-electron chi connectivity index (χ1n) is 11.9. The molecule has 27 heavy (non-hydrogen) atoms. The van der Waals surface area contributed by atoms with Crippen LogP contribution in [0.2, 0.25) is 13.1 Å². The monoisotopic (exact) mass is 400 g/mol. The zero-order valence-electron chi connectivity index (χ0n) is 19.1. The third-order valence-electron chi connectivity index (χ3n) is 5.23. The smallest absolute Gasteiger partial charge is 0.337 e. The summed E-state index contributed by atoms with van der Waals surface area (Å²) in [6, 6.07) is 0. The van der Waals surface area contributed by atoms with E-state index in [0.29, 0.717) is 6.61 Å². The largest absolute Gasteiger partial charge is 0.464 e. The number of carbonyl (C=O) groups is 1. The van der Waals surface area contributed by atoms with Gasteiger partial charge in [-0.25, -0.2) is 4.79 Å². The number of rotatable bonds is 19. The Bertz CT molecular complexity index is 347. The fraction of sp³-hybridized carbons (Fsp3) is 0.957. The van der Waals surface area contributed by atoms with Gasteiger partial charge < -0.3 is 9.16 Å². The molecule has 1 atom stereocenters. The zero-order valence-corrected chi connectivity index (χ0v) is 20.3. The molecule has 0 aliphatic carbocycles. The van der Waals surface area contributed by atoms with E-state index in [1.165, 1.54) is 64.2 Å². The van der Waals surface area contributed by atoms with Crippen molar-refractivity contribution in [2.45, 2.75) is 136 Å². The molecule has 0 aromatic carbocycles. The van der Waals surface area contributed by atoms with E-state index in [1.807, 2.05) is 6.92 Å². The summed E-state index contributed by atoms with van der Waals surface area (Å²) >= 11 is 0. The van der Waals surface area contributed by atoms with Gasteiger partial charge in [-0.2, -0.15) is 0 Å². The first kappa shape index (κ1) is 26.6. The summed E-state index contributed by atoms with van der Waals surface area (Å²) in [6.07, 6.45) is 18.3. The number of ether oxygens (including phenoxy) is 1. The number of esters is 1. The highest BCUT2D eigenvalue weighted by Gasteiger charge is 2.40. The second-order valence-corrected chi connectivity index (χ2v) is 10.6. The summed E-state index contributed by atoms with van der Waals surface area (Å²) in [5, 5.41) is 0. The van der Waals surface area contributed by atoms with E-state index in [-0.39, 0.29) is 5.97 Å². The van der Waals surface area contributed by atoms with Crippen LogP contribution in [0.15, 0.2) is 0 Å². The van der Waals surface area contributed by atoms with Crippen molar-refractivity contribution in [1.82, 2.24) is 0 Å². The average Bonchev–Trinajstić information content (AvgIpc) is 2.63. The molecule has 0 aromatic rings. The van der Waals surface area contributed by atoms with Crippen molar-refractivity contribution in [2.24, 2.45) is 0 Å². The Labute approximate surface area is 171 Å². The van der Waals surface area contributed by atoms with Crippen molar-refractivity contribution >= 4 is 15.0 Å². The Balaban J connectivity index is 4.21. The predicted molar refractivity (Wildman–Crippen MR) is 120 cm³/mol. The summed E-state index contributed by atoms with van der Waals surface area (Å²) in [4.78, 5) is 12.7. The summed E-state index contributed by atoms with van der Waals surface area (Å²) in [6.45, 7) is 11.1. The first-order chi connectivity index (χ1) is 13.0. The lowest BCUT2D eigenvalue weighted by Crippen LogP contribution is -2.46. The van der Waals surface area contributed by atoms with Crippen molar-refractivity contribution in [3.8, 4) is 0 Å². The van der Waals surface area contributed by atoms with E-state index < -0.39 is 14.6 Å². The minimum Gasteiger partial charge on any atom is -0.464 e. The highest BCUT2D eigenvalue weighted by Crippen LogP contribution is 2.29. The second-order valence-electron chi connectivity index (χ2n) is 8.27. The maximum absolute atomic E-state index is 12.7. The molecule has 4 heteroatoms. The van der Waals surface area contributed by atoms with E-state index in [1.54, 1.807) is 0 Å². The van der Waals surface area contributed by atoms with Crippen molar-refractivity contribution in [3.63, 3.8) is 0 Å². The van der Waals surface area contributed by atoms with Crippen molar-refractivity contribution in [3.05, 3.63) is 0 Å². The molecule has 0 N–H and O–H groups in total. The van der Waals surface area contributed by atoms with Gasteiger partial charge in [0.2, 0.25) is 0 Å². The summed E-state index contributed by atoms with van der Waals surface area (Å²) in [5.41, 5.74) is -0.675. The fourth-order valence-electron chi connectivity index (χ4n) is 3.75. The van der Waals surface area contributed by atoms with Crippen molar-refractivity contribution in [2.75, 3.05) is 6.61 Å². The molecule has 3 nitrogen and oxygen atoms in total. The summed E-state index contributed by atoms with van der Waals surface area (Å²) in [7, 11) is -1.31. The molecule has 0 amide bonds. The zero-order chi connectivity index (χ0) is 20.4. The number of carbonyl (C=O) groups excluding carboxylic acids is 1. The second kappa shape index (κ2) is 17.7. The molecular weight excluding hydrogens is 352 g/mol. The van der Waals surface area contributed by atoms with E-state index >= 15 is 0 Å². The van der Waals surface area contributed by atoms with Gasteiger partial charge >= 0.3 is 5.97 Å². The third kappa shape index (κ3) is 13.5. The molecule has 0 fully saturated rings. The molecule has 0 saturated carbocycles. The standard InChI is InChI=1S/C23H48O3Si/c1-6-9-11-12-13-14-15-16-17-18-19-21-23(20-10-7-2,26-27(4)5)22(24)25-8-3/h27H,6-21H2,1-5H3. The lowest BCUT2D eigenvalue weighted by atomic mass is 9.90. The van der Waals surface area contributed by atoms with Gasteiger partial charge in [0.1, 0.15) is 0 Å². The van der Waals surface area contributed by atoms with Crippen LogP contribution in [0.3, 0.4) is 0 Å². The van der Waals surface area contributed by atoms with Gasteiger partial charge in [-0.05, 0) is 32.9 Å². The Hall–Kier alpha value is -0.353. The van der Waals surface area contributed by atoms with Gasteiger partial charge in [-0.1, -0.05) is 97.3 Å². The molecular formula is C23H48O3Si. The Kier molecular flexibility index (Phi) is 17.5. The quantitative estimate of drug-likeness (QED) is 0.131. The van der Waals surface area contributed by atoms with Crippen LogP contribution in [-0.2, 0) is 14.0 Å². The topological polar surface area (TPSA) is 35.5 Å². The molecule has 0 saturated heterocycles.